The van der Waals surface area contributed by atoms with Crippen LogP contribution in [0.5, 0.6) is 11.5 Å². The van der Waals surface area contributed by atoms with Crippen LogP contribution >= 0.6 is 11.6 Å². The molecule has 2 saturated heterocycles. The zero-order valence-corrected chi connectivity index (χ0v) is 42.9. The Morgan fingerprint density at radius 1 is 0.760 bits per heavy atom. The van der Waals surface area contributed by atoms with Gasteiger partial charge in [0.05, 0.1) is 21.2 Å². The lowest BCUT2D eigenvalue weighted by atomic mass is 10.00. The van der Waals surface area contributed by atoms with E-state index >= 15 is 0 Å². The minimum absolute atomic E-state index is 0.0540. The molecule has 0 spiro atoms. The van der Waals surface area contributed by atoms with Crippen molar-refractivity contribution in [3.63, 3.8) is 0 Å². The standard InChI is InChI=1S/C27H28ClF3N6O3S.C24H24N4O5S/c1-18(37-12-2-3-19-17-20(28)4-9-23(19)37)25(38)36-15-13-35(14-16-36)21-5-7-22(8-6-21)41(39,40)34-24-10-11-32-26(33-24)27(29,30)31;29-24(23-15-32-21-3-1-2-4-22(21)33-23)28-13-11-27(12-14-28)19-5-7-20(8-6-19)34(30,31)16-18-9-10-25-17-26-18/h4-11,17-18H,2-3,12-16H2,1H3,(H,32,33,34);1-10,17,23H,11-16H2/t18-;/m1./s1. The van der Waals surface area contributed by atoms with Gasteiger partial charge in [-0.15, -0.1) is 0 Å². The first kappa shape index (κ1) is 52.6. The second-order valence-electron chi connectivity index (χ2n) is 18.1. The van der Waals surface area contributed by atoms with Gasteiger partial charge in [0.25, 0.3) is 15.9 Å². The highest BCUT2D eigenvalue weighted by atomic mass is 35.5. The van der Waals surface area contributed by atoms with Gasteiger partial charge in [-0.3, -0.25) is 14.3 Å². The summed E-state index contributed by atoms with van der Waals surface area (Å²) in [7, 11) is -7.68. The normalized spacial score (nSPS) is 17.3. The number of rotatable bonds is 11. The number of halogens is 4. The van der Waals surface area contributed by atoms with E-state index in [-0.39, 0.29) is 40.0 Å². The molecule has 0 saturated carbocycles. The molecular weight excluding hydrogens is 1040 g/mol. The number of benzene rings is 4. The Morgan fingerprint density at radius 2 is 1.40 bits per heavy atom. The molecule has 2 atom stereocenters. The molecule has 1 N–H and O–H groups in total. The molecule has 1 unspecified atom stereocenters. The van der Waals surface area contributed by atoms with Gasteiger partial charge in [0, 0.05) is 93.4 Å². The number of piperazine rings is 2. The van der Waals surface area contributed by atoms with E-state index in [0.717, 1.165) is 54.3 Å². The van der Waals surface area contributed by atoms with Crippen molar-refractivity contribution in [3.8, 4) is 11.5 Å². The number of carbonyl (C=O) groups is 2. The number of hydrogen-bond donors (Lipinski definition) is 1. The molecule has 4 aromatic carbocycles. The molecule has 2 aromatic heterocycles. The van der Waals surface area contributed by atoms with Crippen LogP contribution in [0.15, 0.2) is 132 Å². The van der Waals surface area contributed by atoms with Crippen LogP contribution < -0.4 is 28.9 Å². The first-order valence-electron chi connectivity index (χ1n) is 24.0. The summed E-state index contributed by atoms with van der Waals surface area (Å²) in [4.78, 5) is 50.6. The molecule has 2 amide bonds. The first-order valence-corrected chi connectivity index (χ1v) is 27.5. The van der Waals surface area contributed by atoms with E-state index in [2.05, 4.69) is 39.4 Å². The lowest BCUT2D eigenvalue weighted by Gasteiger charge is -2.41. The Labute approximate surface area is 437 Å². The third-order valence-corrected chi connectivity index (χ3v) is 16.5. The fraction of sp³-hybridized carbons (Fsp3) is 0.333. The Kier molecular flexibility index (Phi) is 15.7. The smallest absolute Gasteiger partial charge is 0.451 e. The van der Waals surface area contributed by atoms with E-state index in [1.165, 1.54) is 24.7 Å². The molecule has 18 nitrogen and oxygen atoms in total. The molecule has 2 fully saturated rings. The van der Waals surface area contributed by atoms with Crippen LogP contribution in [0.1, 0.15) is 30.4 Å². The zero-order chi connectivity index (χ0) is 52.9. The number of nitrogens with zero attached hydrogens (tertiary/aromatic N) is 9. The van der Waals surface area contributed by atoms with Crippen molar-refractivity contribution in [2.45, 2.75) is 53.6 Å². The fourth-order valence-corrected chi connectivity index (χ4v) is 11.7. The quantitative estimate of drug-likeness (QED) is 0.150. The molecule has 0 bridgehead atoms. The number of hydrogen-bond acceptors (Lipinski definition) is 15. The van der Waals surface area contributed by atoms with Crippen LogP contribution in [0, 0.1) is 0 Å². The Morgan fingerprint density at radius 3 is 2.04 bits per heavy atom. The minimum atomic E-state index is -4.80. The summed E-state index contributed by atoms with van der Waals surface area (Å²) >= 11 is 6.16. The van der Waals surface area contributed by atoms with Gasteiger partial charge in [0.1, 0.15) is 24.8 Å². The molecule has 394 valence electrons. The highest BCUT2D eigenvalue weighted by Gasteiger charge is 2.36. The maximum Gasteiger partial charge on any atom is 0.451 e. The minimum Gasteiger partial charge on any atom is -0.485 e. The number of sulfone groups is 1. The van der Waals surface area contributed by atoms with Crippen molar-refractivity contribution in [2.24, 2.45) is 0 Å². The molecule has 75 heavy (non-hydrogen) atoms. The van der Waals surface area contributed by atoms with Gasteiger partial charge in [0.15, 0.2) is 21.3 Å². The van der Waals surface area contributed by atoms with Crippen molar-refractivity contribution in [1.29, 1.82) is 0 Å². The number of ether oxygens (including phenoxy) is 2. The van der Waals surface area contributed by atoms with Crippen molar-refractivity contribution in [2.75, 3.05) is 84.9 Å². The fourth-order valence-electron chi connectivity index (χ4n) is 9.24. The van der Waals surface area contributed by atoms with Gasteiger partial charge in [-0.1, -0.05) is 23.7 Å². The highest BCUT2D eigenvalue weighted by Crippen LogP contribution is 2.34. The summed E-state index contributed by atoms with van der Waals surface area (Å²) in [6.07, 6.45) is 0.130. The number of anilines is 4. The zero-order valence-electron chi connectivity index (χ0n) is 40.5. The highest BCUT2D eigenvalue weighted by molar-refractivity contribution is 7.92. The molecule has 4 aliphatic heterocycles. The molecule has 6 heterocycles. The summed E-state index contributed by atoms with van der Waals surface area (Å²) in [5.41, 5.74) is 4.34. The monoisotopic (exact) mass is 1090 g/mol. The summed E-state index contributed by atoms with van der Waals surface area (Å²) in [5, 5.41) is 0.688. The molecular formula is C51H52ClF3N10O8S2. The Bertz CT molecular complexity index is 3220. The van der Waals surface area contributed by atoms with Crippen molar-refractivity contribution < 1.29 is 49.1 Å². The van der Waals surface area contributed by atoms with Crippen molar-refractivity contribution in [1.82, 2.24) is 29.7 Å². The van der Waals surface area contributed by atoms with Gasteiger partial charge in [-0.2, -0.15) is 13.2 Å². The Balaban J connectivity index is 0.000000187. The number of sulfonamides is 1. The summed E-state index contributed by atoms with van der Waals surface area (Å²) in [6, 6.07) is 28.3. The SMILES string of the molecule is C[C@H](C(=O)N1CCN(c2ccc(S(=O)(=O)Nc3ccnc(C(F)(F)F)n3)cc2)CC1)N1CCCc2cc(Cl)ccc21.O=C(C1COc2ccccc2O1)N1CCN(c2ccc(S(=O)(=O)Cc3ccncn3)cc2)CC1. The van der Waals surface area contributed by atoms with Gasteiger partial charge in [0.2, 0.25) is 17.8 Å². The summed E-state index contributed by atoms with van der Waals surface area (Å²) in [6.45, 7) is 7.47. The maximum atomic E-state index is 13.4. The molecule has 24 heteroatoms. The summed E-state index contributed by atoms with van der Waals surface area (Å²) in [5.74, 6) is -0.889. The first-order chi connectivity index (χ1) is 35.9. The largest absolute Gasteiger partial charge is 0.485 e. The topological polar surface area (TPSA) is 201 Å². The van der Waals surface area contributed by atoms with E-state index in [9.17, 15) is 39.6 Å². The van der Waals surface area contributed by atoms with Crippen LogP contribution in [0.25, 0.3) is 0 Å². The third kappa shape index (κ3) is 12.5. The second-order valence-corrected chi connectivity index (χ2v) is 22.2. The lowest BCUT2D eigenvalue weighted by molar-refractivity contribution is -0.145. The average molecular weight is 1090 g/mol. The van der Waals surface area contributed by atoms with Crippen LogP contribution in [0.3, 0.4) is 0 Å². The van der Waals surface area contributed by atoms with Gasteiger partial charge in [-0.05, 0) is 116 Å². The number of alkyl halides is 3. The molecule has 10 rings (SSSR count). The van der Waals surface area contributed by atoms with Crippen LogP contribution in [0.4, 0.5) is 36.1 Å². The van der Waals surface area contributed by atoms with E-state index in [1.807, 2.05) is 48.2 Å². The van der Waals surface area contributed by atoms with E-state index in [1.54, 1.807) is 53.4 Å². The Hall–Kier alpha value is -7.24. The van der Waals surface area contributed by atoms with Crippen molar-refractivity contribution in [3.05, 3.63) is 144 Å². The third-order valence-electron chi connectivity index (χ3n) is 13.2. The van der Waals surface area contributed by atoms with Gasteiger partial charge in [-0.25, -0.2) is 36.8 Å². The predicted molar refractivity (Wildman–Crippen MR) is 274 cm³/mol. The van der Waals surface area contributed by atoms with E-state index in [4.69, 9.17) is 21.1 Å². The average Bonchev–Trinajstić information content (AvgIpc) is 3.42. The number of carbonyl (C=O) groups excluding carboxylic acids is 2. The van der Waals surface area contributed by atoms with Gasteiger partial charge >= 0.3 is 6.18 Å². The van der Waals surface area contributed by atoms with Crippen molar-refractivity contribution >= 4 is 66.2 Å². The summed E-state index contributed by atoms with van der Waals surface area (Å²) < 4.78 is 103. The molecule has 4 aliphatic rings. The van der Waals surface area contributed by atoms with Crippen LogP contribution in [0.2, 0.25) is 5.02 Å². The molecule has 6 aromatic rings. The maximum absolute atomic E-state index is 13.4. The van der Waals surface area contributed by atoms with E-state index < -0.39 is 43.8 Å². The second kappa shape index (κ2) is 22.3. The van der Waals surface area contributed by atoms with Gasteiger partial charge < -0.3 is 34.0 Å². The molecule has 0 radical (unpaired) electrons. The number of aromatic nitrogens is 4. The number of para-hydroxylation sites is 2. The predicted octanol–water partition coefficient (Wildman–Crippen LogP) is 6.38. The molecule has 0 aliphatic carbocycles. The van der Waals surface area contributed by atoms with Crippen LogP contribution in [-0.4, -0.2) is 136 Å². The number of fused-ring (bicyclic) bond motifs is 2. The van der Waals surface area contributed by atoms with E-state index in [0.29, 0.717) is 74.6 Å². The lowest BCUT2D eigenvalue weighted by Crippen LogP contribution is -2.55. The van der Waals surface area contributed by atoms with Crippen LogP contribution in [-0.2, 0) is 47.8 Å². The number of amides is 2. The number of nitrogens with one attached hydrogen (secondary N) is 1. The number of aryl methyl sites for hydroxylation is 1.